The molecular formula is C13H23NO4S. The summed E-state index contributed by atoms with van der Waals surface area (Å²) in [6, 6.07) is 1.95. The Balaban J connectivity index is 2.93. The second-order valence-corrected chi connectivity index (χ2v) is 6.27. The molecule has 1 aromatic heterocycles. The van der Waals surface area contributed by atoms with Gasteiger partial charge < -0.3 is 9.72 Å². The fourth-order valence-corrected chi connectivity index (χ4v) is 2.58. The number of aromatic nitrogens is 1. The Labute approximate surface area is 115 Å². The van der Waals surface area contributed by atoms with Crippen molar-refractivity contribution in [2.24, 2.45) is 0 Å². The number of aryl methyl sites for hydroxylation is 1. The van der Waals surface area contributed by atoms with Gasteiger partial charge in [-0.1, -0.05) is 13.8 Å². The maximum absolute atomic E-state index is 11.3. The van der Waals surface area contributed by atoms with Crippen molar-refractivity contribution >= 4 is 10.1 Å². The Morgan fingerprint density at radius 1 is 1.37 bits per heavy atom. The maximum Gasteiger partial charge on any atom is 0.264 e. The van der Waals surface area contributed by atoms with Gasteiger partial charge in [-0.05, 0) is 31.4 Å². The van der Waals surface area contributed by atoms with Crippen LogP contribution >= 0.6 is 0 Å². The van der Waals surface area contributed by atoms with Crippen molar-refractivity contribution in [1.29, 1.82) is 0 Å². The molecule has 0 bridgehead atoms. The third-order valence-electron chi connectivity index (χ3n) is 2.70. The van der Waals surface area contributed by atoms with Crippen LogP contribution in [0.25, 0.3) is 0 Å². The first-order valence-corrected chi connectivity index (χ1v) is 8.33. The van der Waals surface area contributed by atoms with Crippen molar-refractivity contribution in [3.8, 4) is 0 Å². The molecule has 0 radical (unpaired) electrons. The largest absolute Gasteiger partial charge is 0.369 e. The van der Waals surface area contributed by atoms with E-state index in [0.717, 1.165) is 23.9 Å². The normalized spacial score (nSPS) is 15.4. The third kappa shape index (κ3) is 5.34. The topological polar surface area (TPSA) is 68.4 Å². The number of hydrogen-bond acceptors (Lipinski definition) is 4. The van der Waals surface area contributed by atoms with Crippen molar-refractivity contribution in [1.82, 2.24) is 4.98 Å². The molecule has 2 unspecified atom stereocenters. The molecule has 2 atom stereocenters. The Hall–Kier alpha value is -0.850. The van der Waals surface area contributed by atoms with Gasteiger partial charge in [0.2, 0.25) is 0 Å². The molecule has 1 N–H and O–H groups in total. The van der Waals surface area contributed by atoms with E-state index in [2.05, 4.69) is 4.98 Å². The van der Waals surface area contributed by atoms with Crippen LogP contribution in [-0.2, 0) is 19.0 Å². The molecule has 1 heterocycles. The van der Waals surface area contributed by atoms with Crippen molar-refractivity contribution in [3.05, 3.63) is 23.5 Å². The van der Waals surface area contributed by atoms with E-state index in [-0.39, 0.29) is 0 Å². The Kier molecular flexibility index (Phi) is 6.03. The first kappa shape index (κ1) is 16.2. The smallest absolute Gasteiger partial charge is 0.264 e. The lowest BCUT2D eigenvalue weighted by atomic mass is 10.1. The second kappa shape index (κ2) is 7.07. The molecule has 1 aromatic rings. The lowest BCUT2D eigenvalue weighted by Gasteiger charge is -2.24. The number of hydrogen-bond donors (Lipinski definition) is 1. The quantitative estimate of drug-likeness (QED) is 0.747. The van der Waals surface area contributed by atoms with Crippen molar-refractivity contribution in [2.75, 3.05) is 12.9 Å². The minimum atomic E-state index is -3.50. The first-order chi connectivity index (χ1) is 8.87. The predicted octanol–water partition coefficient (Wildman–Crippen LogP) is 2.55. The van der Waals surface area contributed by atoms with Crippen LogP contribution in [0, 0.1) is 6.92 Å². The highest BCUT2D eigenvalue weighted by molar-refractivity contribution is 7.86. The highest BCUT2D eigenvalue weighted by atomic mass is 32.2. The Morgan fingerprint density at radius 2 is 2.05 bits per heavy atom. The van der Waals surface area contributed by atoms with E-state index in [1.807, 2.05) is 33.0 Å². The zero-order valence-electron chi connectivity index (χ0n) is 12.0. The number of H-pyrrole nitrogens is 1. The van der Waals surface area contributed by atoms with E-state index < -0.39 is 22.3 Å². The molecule has 6 heteroatoms. The van der Waals surface area contributed by atoms with Crippen LogP contribution in [0.2, 0.25) is 0 Å². The van der Waals surface area contributed by atoms with E-state index >= 15 is 0 Å². The molecule has 0 aliphatic carbocycles. The van der Waals surface area contributed by atoms with Crippen molar-refractivity contribution in [2.45, 2.75) is 45.8 Å². The molecule has 0 amide bonds. The van der Waals surface area contributed by atoms with Gasteiger partial charge in [-0.15, -0.1) is 0 Å². The summed E-state index contributed by atoms with van der Waals surface area (Å²) < 4.78 is 33.6. The third-order valence-corrected chi connectivity index (χ3v) is 3.29. The summed E-state index contributed by atoms with van der Waals surface area (Å²) in [6.07, 6.45) is 3.44. The van der Waals surface area contributed by atoms with E-state index in [1.54, 1.807) is 0 Å². The monoisotopic (exact) mass is 289 g/mol. The molecule has 0 aromatic carbocycles. The van der Waals surface area contributed by atoms with Gasteiger partial charge in [0.25, 0.3) is 10.1 Å². The lowest BCUT2D eigenvalue weighted by Crippen LogP contribution is -2.27. The molecule has 0 aliphatic heterocycles. The minimum absolute atomic E-state index is 0.395. The predicted molar refractivity (Wildman–Crippen MR) is 74.5 cm³/mol. The fraction of sp³-hybridized carbons (Fsp3) is 0.692. The first-order valence-electron chi connectivity index (χ1n) is 6.52. The number of rotatable bonds is 8. The van der Waals surface area contributed by atoms with Gasteiger partial charge in [-0.2, -0.15) is 8.42 Å². The van der Waals surface area contributed by atoms with Gasteiger partial charge in [0.15, 0.2) is 0 Å². The summed E-state index contributed by atoms with van der Waals surface area (Å²) in [5.41, 5.74) is 1.93. The van der Waals surface area contributed by atoms with Crippen LogP contribution in [-0.4, -0.2) is 32.4 Å². The summed E-state index contributed by atoms with van der Waals surface area (Å²) >= 11 is 0. The highest BCUT2D eigenvalue weighted by Crippen LogP contribution is 2.26. The maximum atomic E-state index is 11.3. The highest BCUT2D eigenvalue weighted by Gasteiger charge is 2.27. The van der Waals surface area contributed by atoms with Gasteiger partial charge in [0.1, 0.15) is 12.2 Å². The molecule has 19 heavy (non-hydrogen) atoms. The molecule has 110 valence electrons. The molecule has 1 rings (SSSR count). The van der Waals surface area contributed by atoms with Crippen LogP contribution in [0.4, 0.5) is 0 Å². The van der Waals surface area contributed by atoms with Crippen LogP contribution in [0.5, 0.6) is 0 Å². The van der Waals surface area contributed by atoms with E-state index in [9.17, 15) is 8.42 Å². The number of nitrogens with one attached hydrogen (secondary N) is 1. The average molecular weight is 289 g/mol. The Morgan fingerprint density at radius 3 is 2.47 bits per heavy atom. The standard InChI is InChI=1S/C13H23NO4S/c1-5-7-17-13(11-8-10(3)9-14-11)12(6-2)18-19(4,15)16/h8-9,12-14H,5-7H2,1-4H3. The second-order valence-electron chi connectivity index (χ2n) is 4.67. The van der Waals surface area contributed by atoms with E-state index in [0.29, 0.717) is 13.0 Å². The van der Waals surface area contributed by atoms with Crippen molar-refractivity contribution in [3.63, 3.8) is 0 Å². The summed E-state index contributed by atoms with van der Waals surface area (Å²) in [5, 5.41) is 0. The van der Waals surface area contributed by atoms with Crippen LogP contribution in [0.15, 0.2) is 12.3 Å². The molecule has 5 nitrogen and oxygen atoms in total. The summed E-state index contributed by atoms with van der Waals surface area (Å²) in [5.74, 6) is 0. The van der Waals surface area contributed by atoms with Gasteiger partial charge in [0, 0.05) is 18.5 Å². The van der Waals surface area contributed by atoms with E-state index in [4.69, 9.17) is 8.92 Å². The fourth-order valence-electron chi connectivity index (χ4n) is 1.89. The molecular weight excluding hydrogens is 266 g/mol. The van der Waals surface area contributed by atoms with Crippen LogP contribution in [0.3, 0.4) is 0 Å². The van der Waals surface area contributed by atoms with Gasteiger partial charge in [-0.3, -0.25) is 4.18 Å². The number of aromatic amines is 1. The van der Waals surface area contributed by atoms with E-state index in [1.165, 1.54) is 0 Å². The van der Waals surface area contributed by atoms with Crippen LogP contribution in [0.1, 0.15) is 44.1 Å². The molecule has 0 spiro atoms. The molecule has 0 aliphatic rings. The zero-order chi connectivity index (χ0) is 14.5. The van der Waals surface area contributed by atoms with Gasteiger partial charge in [-0.25, -0.2) is 0 Å². The minimum Gasteiger partial charge on any atom is -0.369 e. The average Bonchev–Trinajstić information content (AvgIpc) is 2.73. The SMILES string of the molecule is CCCOC(c1cc(C)c[nH]1)C(CC)OS(C)(=O)=O. The zero-order valence-corrected chi connectivity index (χ0v) is 12.8. The Bertz CT molecular complexity index is 481. The molecule has 0 saturated carbocycles. The lowest BCUT2D eigenvalue weighted by molar-refractivity contribution is -0.0283. The molecule has 0 fully saturated rings. The van der Waals surface area contributed by atoms with Gasteiger partial charge in [0.05, 0.1) is 6.26 Å². The van der Waals surface area contributed by atoms with Gasteiger partial charge >= 0.3 is 0 Å². The summed E-state index contributed by atoms with van der Waals surface area (Å²) in [6.45, 7) is 6.42. The molecule has 0 saturated heterocycles. The summed E-state index contributed by atoms with van der Waals surface area (Å²) in [7, 11) is -3.50. The van der Waals surface area contributed by atoms with Crippen molar-refractivity contribution < 1.29 is 17.3 Å². The van der Waals surface area contributed by atoms with Crippen LogP contribution < -0.4 is 0 Å². The summed E-state index contributed by atoms with van der Waals surface area (Å²) in [4.78, 5) is 3.12. The number of ether oxygens (including phenoxy) is 1.